The van der Waals surface area contributed by atoms with Crippen LogP contribution in [-0.4, -0.2) is 15.0 Å². The van der Waals surface area contributed by atoms with Crippen LogP contribution >= 0.6 is 40.4 Å². The molecule has 0 amide bonds. The standard InChI is InChI=1S/C9H6BrN3S2/c10-6-3-1-5(2-4-6)7-11-8(14)13-9(15)12-7/h1-4H,(H2,11,12,13,14,15). The molecule has 6 heteroatoms. The minimum atomic E-state index is 0.386. The maximum absolute atomic E-state index is 4.99. The summed E-state index contributed by atoms with van der Waals surface area (Å²) in [4.78, 5) is 9.85. The van der Waals surface area contributed by atoms with E-state index in [4.69, 9.17) is 24.4 Å². The van der Waals surface area contributed by atoms with Gasteiger partial charge in [0.15, 0.2) is 4.77 Å². The zero-order valence-corrected chi connectivity index (χ0v) is 10.7. The summed E-state index contributed by atoms with van der Waals surface area (Å²) < 4.78 is 1.88. The molecule has 1 aromatic heterocycles. The number of nitrogens with one attached hydrogen (secondary N) is 2. The Kier molecular flexibility index (Phi) is 3.08. The van der Waals surface area contributed by atoms with Gasteiger partial charge in [0.25, 0.3) is 0 Å². The molecule has 0 radical (unpaired) electrons. The van der Waals surface area contributed by atoms with E-state index < -0.39 is 0 Å². The zero-order valence-electron chi connectivity index (χ0n) is 7.45. The normalized spacial score (nSPS) is 10.2. The summed E-state index contributed by atoms with van der Waals surface area (Å²) in [7, 11) is 0. The first-order valence-electron chi connectivity index (χ1n) is 4.12. The topological polar surface area (TPSA) is 44.5 Å². The number of aromatic nitrogens is 3. The van der Waals surface area contributed by atoms with Crippen molar-refractivity contribution in [3.8, 4) is 11.4 Å². The Hall–Kier alpha value is -0.850. The summed E-state index contributed by atoms with van der Waals surface area (Å²) in [5.41, 5.74) is 0.949. The predicted molar refractivity (Wildman–Crippen MR) is 67.7 cm³/mol. The molecule has 0 unspecified atom stereocenters. The van der Waals surface area contributed by atoms with Gasteiger partial charge in [-0.05, 0) is 36.6 Å². The first-order chi connectivity index (χ1) is 7.15. The van der Waals surface area contributed by atoms with Crippen LogP contribution in [0.1, 0.15) is 0 Å². The van der Waals surface area contributed by atoms with Gasteiger partial charge in [0.2, 0.25) is 4.77 Å². The predicted octanol–water partition coefficient (Wildman–Crippen LogP) is 3.63. The summed E-state index contributed by atoms with van der Waals surface area (Å²) >= 11 is 13.3. The third kappa shape index (κ3) is 2.58. The number of halogens is 1. The number of aromatic amines is 2. The first kappa shape index (κ1) is 10.7. The van der Waals surface area contributed by atoms with Crippen LogP contribution in [0.15, 0.2) is 28.7 Å². The Morgan fingerprint density at radius 3 is 2.33 bits per heavy atom. The fraction of sp³-hybridized carbons (Fsp3) is 0. The molecule has 0 atom stereocenters. The van der Waals surface area contributed by atoms with E-state index in [1.165, 1.54) is 0 Å². The molecule has 1 heterocycles. The highest BCUT2D eigenvalue weighted by molar-refractivity contribution is 9.10. The van der Waals surface area contributed by atoms with Gasteiger partial charge in [-0.1, -0.05) is 28.1 Å². The van der Waals surface area contributed by atoms with Crippen LogP contribution in [0, 0.1) is 9.54 Å². The van der Waals surface area contributed by atoms with E-state index in [-0.39, 0.29) is 0 Å². The summed E-state index contributed by atoms with van der Waals surface area (Å²) in [6.45, 7) is 0. The third-order valence-corrected chi connectivity index (χ3v) is 2.71. The van der Waals surface area contributed by atoms with Crippen molar-refractivity contribution in [1.82, 2.24) is 15.0 Å². The van der Waals surface area contributed by atoms with Gasteiger partial charge in [-0.15, -0.1) is 0 Å². The lowest BCUT2D eigenvalue weighted by Crippen LogP contribution is -1.92. The summed E-state index contributed by atoms with van der Waals surface area (Å²) in [5.74, 6) is 0.677. The molecule has 76 valence electrons. The van der Waals surface area contributed by atoms with Crippen molar-refractivity contribution in [2.24, 2.45) is 0 Å². The van der Waals surface area contributed by atoms with Crippen LogP contribution in [0.3, 0.4) is 0 Å². The van der Waals surface area contributed by atoms with Gasteiger partial charge >= 0.3 is 0 Å². The second-order valence-electron chi connectivity index (χ2n) is 2.85. The molecule has 0 aliphatic heterocycles. The zero-order chi connectivity index (χ0) is 10.8. The maximum Gasteiger partial charge on any atom is 0.200 e. The van der Waals surface area contributed by atoms with Crippen LogP contribution in [0.2, 0.25) is 0 Å². The fourth-order valence-electron chi connectivity index (χ4n) is 1.14. The van der Waals surface area contributed by atoms with Crippen molar-refractivity contribution in [3.63, 3.8) is 0 Å². The minimum Gasteiger partial charge on any atom is -0.317 e. The highest BCUT2D eigenvalue weighted by Crippen LogP contribution is 2.17. The second-order valence-corrected chi connectivity index (χ2v) is 4.56. The minimum absolute atomic E-state index is 0.386. The Balaban J connectivity index is 2.59. The lowest BCUT2D eigenvalue weighted by molar-refractivity contribution is 1.01. The van der Waals surface area contributed by atoms with Crippen molar-refractivity contribution in [3.05, 3.63) is 38.3 Å². The Morgan fingerprint density at radius 2 is 1.73 bits per heavy atom. The monoisotopic (exact) mass is 299 g/mol. The molecule has 2 N–H and O–H groups in total. The number of H-pyrrole nitrogens is 2. The number of hydrogen-bond donors (Lipinski definition) is 2. The van der Waals surface area contributed by atoms with Crippen LogP contribution in [0.25, 0.3) is 11.4 Å². The van der Waals surface area contributed by atoms with Crippen molar-refractivity contribution in [2.45, 2.75) is 0 Å². The van der Waals surface area contributed by atoms with E-state index in [1.54, 1.807) is 0 Å². The van der Waals surface area contributed by atoms with E-state index >= 15 is 0 Å². The second kappa shape index (κ2) is 4.34. The quantitative estimate of drug-likeness (QED) is 0.791. The molecular weight excluding hydrogens is 294 g/mol. The third-order valence-electron chi connectivity index (χ3n) is 1.78. The molecule has 15 heavy (non-hydrogen) atoms. The molecule has 2 rings (SSSR count). The van der Waals surface area contributed by atoms with Crippen LogP contribution < -0.4 is 0 Å². The molecule has 0 fully saturated rings. The van der Waals surface area contributed by atoms with Gasteiger partial charge in [0, 0.05) is 10.0 Å². The molecule has 3 nitrogen and oxygen atoms in total. The molecule has 0 aliphatic rings. The number of benzene rings is 1. The smallest absolute Gasteiger partial charge is 0.200 e. The number of rotatable bonds is 1. The highest BCUT2D eigenvalue weighted by Gasteiger charge is 1.99. The van der Waals surface area contributed by atoms with Gasteiger partial charge in [-0.3, -0.25) is 0 Å². The molecule has 0 bridgehead atoms. The Morgan fingerprint density at radius 1 is 1.07 bits per heavy atom. The van der Waals surface area contributed by atoms with E-state index in [2.05, 4.69) is 30.9 Å². The molecule has 0 aliphatic carbocycles. The van der Waals surface area contributed by atoms with E-state index in [0.29, 0.717) is 15.4 Å². The summed E-state index contributed by atoms with van der Waals surface area (Å²) in [6.07, 6.45) is 0. The Bertz CT molecular complexity index is 557. The highest BCUT2D eigenvalue weighted by atomic mass is 79.9. The lowest BCUT2D eigenvalue weighted by Gasteiger charge is -2.00. The van der Waals surface area contributed by atoms with Crippen LogP contribution in [0.4, 0.5) is 0 Å². The van der Waals surface area contributed by atoms with Crippen molar-refractivity contribution < 1.29 is 0 Å². The average molecular weight is 300 g/mol. The van der Waals surface area contributed by atoms with E-state index in [0.717, 1.165) is 10.0 Å². The summed E-state index contributed by atoms with van der Waals surface area (Å²) in [6, 6.07) is 7.75. The molecule has 0 saturated heterocycles. The van der Waals surface area contributed by atoms with Gasteiger partial charge < -0.3 is 9.97 Å². The van der Waals surface area contributed by atoms with Gasteiger partial charge in [-0.2, -0.15) is 0 Å². The van der Waals surface area contributed by atoms with E-state index in [1.807, 2.05) is 24.3 Å². The number of nitrogens with zero attached hydrogens (tertiary/aromatic N) is 1. The SMILES string of the molecule is S=c1nc(-c2ccc(Br)cc2)[nH]c(=S)[nH]1. The first-order valence-corrected chi connectivity index (χ1v) is 5.73. The average Bonchev–Trinajstić information content (AvgIpc) is 2.17. The largest absolute Gasteiger partial charge is 0.317 e. The summed E-state index contributed by atoms with van der Waals surface area (Å²) in [5, 5.41) is 0. The maximum atomic E-state index is 4.99. The van der Waals surface area contributed by atoms with Crippen LogP contribution in [0.5, 0.6) is 0 Å². The van der Waals surface area contributed by atoms with Gasteiger partial charge in [0.05, 0.1) is 0 Å². The molecule has 0 saturated carbocycles. The lowest BCUT2D eigenvalue weighted by atomic mass is 10.2. The van der Waals surface area contributed by atoms with Crippen molar-refractivity contribution >= 4 is 40.4 Å². The van der Waals surface area contributed by atoms with Gasteiger partial charge in [0.1, 0.15) is 5.82 Å². The molecule has 1 aromatic carbocycles. The number of hydrogen-bond acceptors (Lipinski definition) is 3. The van der Waals surface area contributed by atoms with Crippen LogP contribution in [-0.2, 0) is 0 Å². The van der Waals surface area contributed by atoms with Crippen molar-refractivity contribution in [1.29, 1.82) is 0 Å². The molecular formula is C9H6BrN3S2. The Labute approximate surface area is 105 Å². The fourth-order valence-corrected chi connectivity index (χ4v) is 1.85. The van der Waals surface area contributed by atoms with Crippen molar-refractivity contribution in [2.75, 3.05) is 0 Å². The van der Waals surface area contributed by atoms with Gasteiger partial charge in [-0.25, -0.2) is 4.98 Å². The molecule has 2 aromatic rings. The molecule has 0 spiro atoms. The van der Waals surface area contributed by atoms with E-state index in [9.17, 15) is 0 Å².